The van der Waals surface area contributed by atoms with Crippen molar-refractivity contribution in [2.75, 3.05) is 0 Å². The molecule has 5 heteroatoms. The van der Waals surface area contributed by atoms with Crippen molar-refractivity contribution in [2.24, 2.45) is 11.1 Å². The summed E-state index contributed by atoms with van der Waals surface area (Å²) in [6.45, 7) is 7.95. The molecule has 1 atom stereocenters. The zero-order chi connectivity index (χ0) is 12.7. The van der Waals surface area contributed by atoms with E-state index < -0.39 is 5.54 Å². The van der Waals surface area contributed by atoms with Crippen LogP contribution in [0.3, 0.4) is 0 Å². The third-order valence-electron chi connectivity index (χ3n) is 3.01. The van der Waals surface area contributed by atoms with E-state index >= 15 is 0 Å². The smallest absolute Gasteiger partial charge is 0.148 e. The lowest BCUT2D eigenvalue weighted by Gasteiger charge is -2.40. The first-order chi connectivity index (χ1) is 7.09. The molecule has 0 fully saturated rings. The first kappa shape index (κ1) is 14.0. The molecule has 0 aliphatic rings. The summed E-state index contributed by atoms with van der Waals surface area (Å²) in [5.41, 5.74) is 6.08. The van der Waals surface area contributed by atoms with Crippen LogP contribution in [-0.4, -0.2) is 4.98 Å². The summed E-state index contributed by atoms with van der Waals surface area (Å²) in [7, 11) is 0. The van der Waals surface area contributed by atoms with Crippen LogP contribution in [-0.2, 0) is 5.54 Å². The van der Waals surface area contributed by atoms with Gasteiger partial charge in [-0.25, -0.2) is 4.98 Å². The van der Waals surface area contributed by atoms with Gasteiger partial charge in [-0.15, -0.1) is 0 Å². The van der Waals surface area contributed by atoms with E-state index in [2.05, 4.69) is 4.98 Å². The molecule has 1 unspecified atom stereocenters. The summed E-state index contributed by atoms with van der Waals surface area (Å²) in [4.78, 5) is 3.88. The van der Waals surface area contributed by atoms with Crippen LogP contribution in [0, 0.1) is 5.41 Å². The zero-order valence-corrected chi connectivity index (χ0v) is 12.0. The maximum absolute atomic E-state index is 6.33. The van der Waals surface area contributed by atoms with Crippen LogP contribution in [0.4, 0.5) is 0 Å². The Kier molecular flexibility index (Phi) is 3.81. The standard InChI is InChI=1S/C11H15Cl3N2/c1-10(2,3)11(4,15)7-6(12)5-16-9(14)8(7)13/h5H,15H2,1-4H3. The lowest BCUT2D eigenvalue weighted by molar-refractivity contribution is 0.211. The number of rotatable bonds is 1. The number of halogens is 3. The molecule has 16 heavy (non-hydrogen) atoms. The Labute approximate surface area is 111 Å². The molecule has 2 N–H and O–H groups in total. The quantitative estimate of drug-likeness (QED) is 0.781. The normalized spacial score (nSPS) is 16.0. The summed E-state index contributed by atoms with van der Waals surface area (Å²) >= 11 is 18.1. The molecular weight excluding hydrogens is 266 g/mol. The third kappa shape index (κ3) is 2.30. The van der Waals surface area contributed by atoms with Gasteiger partial charge >= 0.3 is 0 Å². The molecule has 1 aromatic rings. The van der Waals surface area contributed by atoms with Gasteiger partial charge in [-0.2, -0.15) is 0 Å². The highest BCUT2D eigenvalue weighted by Gasteiger charge is 2.39. The number of nitrogens with zero attached hydrogens (tertiary/aromatic N) is 1. The molecule has 1 aromatic heterocycles. The van der Waals surface area contributed by atoms with Crippen molar-refractivity contribution in [3.8, 4) is 0 Å². The van der Waals surface area contributed by atoms with Gasteiger partial charge in [0.1, 0.15) is 5.15 Å². The predicted molar refractivity (Wildman–Crippen MR) is 70.3 cm³/mol. The Morgan fingerprint density at radius 2 is 1.62 bits per heavy atom. The van der Waals surface area contributed by atoms with Crippen molar-refractivity contribution in [2.45, 2.75) is 33.2 Å². The fourth-order valence-electron chi connectivity index (χ4n) is 1.29. The van der Waals surface area contributed by atoms with Crippen molar-refractivity contribution >= 4 is 34.8 Å². The van der Waals surface area contributed by atoms with Gasteiger partial charge in [-0.05, 0) is 12.3 Å². The van der Waals surface area contributed by atoms with Crippen molar-refractivity contribution in [3.05, 3.63) is 27.0 Å². The molecule has 0 bridgehead atoms. The maximum Gasteiger partial charge on any atom is 0.148 e. The molecule has 0 saturated heterocycles. The lowest BCUT2D eigenvalue weighted by Crippen LogP contribution is -2.46. The monoisotopic (exact) mass is 280 g/mol. The second-order valence-corrected chi connectivity index (χ2v) is 6.18. The molecule has 0 spiro atoms. The minimum atomic E-state index is -0.687. The topological polar surface area (TPSA) is 38.9 Å². The average Bonchev–Trinajstić information content (AvgIpc) is 2.10. The van der Waals surface area contributed by atoms with Gasteiger partial charge in [0, 0.05) is 17.3 Å². The second-order valence-electron chi connectivity index (χ2n) is 5.04. The summed E-state index contributed by atoms with van der Waals surface area (Å²) in [6.07, 6.45) is 1.47. The molecule has 90 valence electrons. The predicted octanol–water partition coefficient (Wildman–Crippen LogP) is 4.26. The molecular formula is C11H15Cl3N2. The Balaban J connectivity index is 3.50. The Morgan fingerprint density at radius 1 is 1.12 bits per heavy atom. The summed E-state index contributed by atoms with van der Waals surface area (Å²) < 4.78 is 0. The number of pyridine rings is 1. The van der Waals surface area contributed by atoms with Crippen LogP contribution in [0.1, 0.15) is 33.3 Å². The van der Waals surface area contributed by atoms with Gasteiger partial charge in [0.05, 0.1) is 10.0 Å². The van der Waals surface area contributed by atoms with Gasteiger partial charge in [-0.1, -0.05) is 55.6 Å². The van der Waals surface area contributed by atoms with Crippen LogP contribution < -0.4 is 5.73 Å². The van der Waals surface area contributed by atoms with Crippen LogP contribution in [0.5, 0.6) is 0 Å². The Morgan fingerprint density at radius 3 is 2.06 bits per heavy atom. The van der Waals surface area contributed by atoms with E-state index in [-0.39, 0.29) is 10.6 Å². The zero-order valence-electron chi connectivity index (χ0n) is 9.74. The second kappa shape index (κ2) is 4.34. The van der Waals surface area contributed by atoms with E-state index in [4.69, 9.17) is 40.5 Å². The van der Waals surface area contributed by atoms with Gasteiger partial charge in [0.25, 0.3) is 0 Å². The molecule has 0 aliphatic heterocycles. The largest absolute Gasteiger partial charge is 0.321 e. The van der Waals surface area contributed by atoms with Crippen LogP contribution in [0.2, 0.25) is 15.2 Å². The fraction of sp³-hybridized carbons (Fsp3) is 0.545. The van der Waals surface area contributed by atoms with E-state index in [9.17, 15) is 0 Å². The molecule has 1 heterocycles. The highest BCUT2D eigenvalue weighted by molar-refractivity contribution is 6.43. The average molecular weight is 282 g/mol. The van der Waals surface area contributed by atoms with Crippen LogP contribution >= 0.6 is 34.8 Å². The molecule has 0 aliphatic carbocycles. The Bertz CT molecular complexity index is 408. The lowest BCUT2D eigenvalue weighted by atomic mass is 9.71. The van der Waals surface area contributed by atoms with Gasteiger partial charge in [-0.3, -0.25) is 0 Å². The number of aromatic nitrogens is 1. The molecule has 2 nitrogen and oxygen atoms in total. The molecule has 0 saturated carbocycles. The first-order valence-corrected chi connectivity index (χ1v) is 6.01. The highest BCUT2D eigenvalue weighted by Crippen LogP contribution is 2.44. The van der Waals surface area contributed by atoms with Crippen molar-refractivity contribution in [3.63, 3.8) is 0 Å². The summed E-state index contributed by atoms with van der Waals surface area (Å²) in [6, 6.07) is 0. The van der Waals surface area contributed by atoms with Gasteiger partial charge in [0.15, 0.2) is 0 Å². The number of nitrogens with two attached hydrogens (primary N) is 1. The highest BCUT2D eigenvalue weighted by atomic mass is 35.5. The van der Waals surface area contributed by atoms with E-state index in [0.29, 0.717) is 15.6 Å². The number of hydrogen-bond donors (Lipinski definition) is 1. The maximum atomic E-state index is 6.33. The van der Waals surface area contributed by atoms with Crippen molar-refractivity contribution < 1.29 is 0 Å². The fourth-order valence-corrected chi connectivity index (χ4v) is 2.17. The van der Waals surface area contributed by atoms with Gasteiger partial charge in [0.2, 0.25) is 0 Å². The minimum absolute atomic E-state index is 0.203. The summed E-state index contributed by atoms with van der Waals surface area (Å²) in [5.74, 6) is 0. The first-order valence-electron chi connectivity index (χ1n) is 4.88. The molecule has 0 amide bonds. The van der Waals surface area contributed by atoms with E-state index in [1.807, 2.05) is 27.7 Å². The summed E-state index contributed by atoms with van der Waals surface area (Å²) in [5, 5.41) is 0.991. The molecule has 1 rings (SSSR count). The molecule has 0 radical (unpaired) electrons. The van der Waals surface area contributed by atoms with Crippen LogP contribution in [0.25, 0.3) is 0 Å². The van der Waals surface area contributed by atoms with Crippen molar-refractivity contribution in [1.29, 1.82) is 0 Å². The van der Waals surface area contributed by atoms with Gasteiger partial charge < -0.3 is 5.73 Å². The van der Waals surface area contributed by atoms with E-state index in [1.165, 1.54) is 6.20 Å². The van der Waals surface area contributed by atoms with E-state index in [0.717, 1.165) is 0 Å². The molecule has 0 aromatic carbocycles. The SMILES string of the molecule is CC(C)(C)C(C)(N)c1c(Cl)cnc(Cl)c1Cl. The number of hydrogen-bond acceptors (Lipinski definition) is 2. The van der Waals surface area contributed by atoms with E-state index in [1.54, 1.807) is 0 Å². The minimum Gasteiger partial charge on any atom is -0.321 e. The Hall–Kier alpha value is -0.0200. The third-order valence-corrected chi connectivity index (χ3v) is 4.05. The van der Waals surface area contributed by atoms with Crippen LogP contribution in [0.15, 0.2) is 6.20 Å². The van der Waals surface area contributed by atoms with Crippen molar-refractivity contribution in [1.82, 2.24) is 4.98 Å².